The van der Waals surface area contributed by atoms with Crippen LogP contribution in [0.2, 0.25) is 0 Å². The number of benzene rings is 2. The molecule has 3 rings (SSSR count). The molecule has 0 unspecified atom stereocenters. The SMILES string of the molecule is CCOc1ccc(OCCNC(=O)CSc2nnc(-c3ccc(C(C)(C)C)cc3)o2)cc1. The van der Waals surface area contributed by atoms with Crippen molar-refractivity contribution in [2.75, 3.05) is 25.5 Å². The third-order valence-electron chi connectivity index (χ3n) is 4.56. The van der Waals surface area contributed by atoms with Crippen LogP contribution < -0.4 is 14.8 Å². The zero-order chi connectivity index (χ0) is 23.0. The Hall–Kier alpha value is -3.00. The van der Waals surface area contributed by atoms with Gasteiger partial charge in [0.25, 0.3) is 5.22 Å². The number of hydrogen-bond donors (Lipinski definition) is 1. The Bertz CT molecular complexity index is 995. The molecule has 0 aliphatic rings. The lowest BCUT2D eigenvalue weighted by Crippen LogP contribution is -2.29. The smallest absolute Gasteiger partial charge is 0.277 e. The van der Waals surface area contributed by atoms with Crippen LogP contribution in [-0.4, -0.2) is 41.6 Å². The lowest BCUT2D eigenvalue weighted by molar-refractivity contribution is -0.118. The van der Waals surface area contributed by atoms with Crippen molar-refractivity contribution in [3.8, 4) is 23.0 Å². The molecule has 1 N–H and O–H groups in total. The van der Waals surface area contributed by atoms with Gasteiger partial charge in [-0.3, -0.25) is 4.79 Å². The molecular formula is C24H29N3O4S. The summed E-state index contributed by atoms with van der Waals surface area (Å²) < 4.78 is 16.7. The molecule has 0 bridgehead atoms. The summed E-state index contributed by atoms with van der Waals surface area (Å²) in [7, 11) is 0. The van der Waals surface area contributed by atoms with Crippen LogP contribution in [0.4, 0.5) is 0 Å². The van der Waals surface area contributed by atoms with E-state index < -0.39 is 0 Å². The molecule has 0 spiro atoms. The number of amides is 1. The molecule has 0 fully saturated rings. The minimum Gasteiger partial charge on any atom is -0.494 e. The molecule has 1 amide bonds. The van der Waals surface area contributed by atoms with Crippen molar-refractivity contribution in [3.05, 3.63) is 54.1 Å². The molecule has 8 heteroatoms. The lowest BCUT2D eigenvalue weighted by atomic mass is 9.87. The van der Waals surface area contributed by atoms with Crippen molar-refractivity contribution in [2.45, 2.75) is 38.3 Å². The first-order chi connectivity index (χ1) is 15.3. The van der Waals surface area contributed by atoms with Crippen molar-refractivity contribution < 1.29 is 18.7 Å². The fraction of sp³-hybridized carbons (Fsp3) is 0.375. The first kappa shape index (κ1) is 23.7. The number of nitrogens with zero attached hydrogens (tertiary/aromatic N) is 2. The number of ether oxygens (including phenoxy) is 2. The minimum absolute atomic E-state index is 0.0843. The van der Waals surface area contributed by atoms with Gasteiger partial charge in [-0.15, -0.1) is 10.2 Å². The Morgan fingerprint density at radius 3 is 2.28 bits per heavy atom. The largest absolute Gasteiger partial charge is 0.494 e. The number of carbonyl (C=O) groups excluding carboxylic acids is 1. The van der Waals surface area contributed by atoms with Gasteiger partial charge in [-0.25, -0.2) is 0 Å². The quantitative estimate of drug-likeness (QED) is 0.350. The van der Waals surface area contributed by atoms with Gasteiger partial charge < -0.3 is 19.2 Å². The summed E-state index contributed by atoms with van der Waals surface area (Å²) in [4.78, 5) is 12.1. The summed E-state index contributed by atoms with van der Waals surface area (Å²) in [5.74, 6) is 2.03. The summed E-state index contributed by atoms with van der Waals surface area (Å²) in [6, 6.07) is 15.5. The molecule has 1 heterocycles. The molecule has 2 aromatic carbocycles. The molecule has 0 atom stereocenters. The normalized spacial score (nSPS) is 11.2. The maximum Gasteiger partial charge on any atom is 0.277 e. The molecule has 0 aliphatic carbocycles. The molecule has 0 saturated heterocycles. The molecule has 0 saturated carbocycles. The molecule has 1 aromatic heterocycles. The predicted octanol–water partition coefficient (Wildman–Crippen LogP) is 4.72. The monoisotopic (exact) mass is 455 g/mol. The Morgan fingerprint density at radius 2 is 1.66 bits per heavy atom. The average molecular weight is 456 g/mol. The molecule has 7 nitrogen and oxygen atoms in total. The molecule has 3 aromatic rings. The van der Waals surface area contributed by atoms with E-state index in [1.165, 1.54) is 17.3 Å². The van der Waals surface area contributed by atoms with Crippen molar-refractivity contribution in [2.24, 2.45) is 0 Å². The first-order valence-electron chi connectivity index (χ1n) is 10.5. The highest BCUT2D eigenvalue weighted by molar-refractivity contribution is 7.99. The first-order valence-corrected chi connectivity index (χ1v) is 11.5. The van der Waals surface area contributed by atoms with Gasteiger partial charge in [-0.1, -0.05) is 44.7 Å². The van der Waals surface area contributed by atoms with Crippen molar-refractivity contribution >= 4 is 17.7 Å². The summed E-state index contributed by atoms with van der Waals surface area (Å²) in [5, 5.41) is 11.3. The summed E-state index contributed by atoms with van der Waals surface area (Å²) >= 11 is 1.21. The van der Waals surface area contributed by atoms with E-state index in [-0.39, 0.29) is 17.1 Å². The van der Waals surface area contributed by atoms with E-state index in [0.29, 0.717) is 30.9 Å². The molecular weight excluding hydrogens is 426 g/mol. The van der Waals surface area contributed by atoms with Crippen LogP contribution >= 0.6 is 11.8 Å². The Morgan fingerprint density at radius 1 is 1.00 bits per heavy atom. The van der Waals surface area contributed by atoms with E-state index in [0.717, 1.165) is 17.1 Å². The highest BCUT2D eigenvalue weighted by Crippen LogP contribution is 2.27. The summed E-state index contributed by atoms with van der Waals surface area (Å²) in [5.41, 5.74) is 2.17. The second kappa shape index (κ2) is 11.0. The topological polar surface area (TPSA) is 86.5 Å². The van der Waals surface area contributed by atoms with Crippen LogP contribution in [-0.2, 0) is 10.2 Å². The number of thioether (sulfide) groups is 1. The molecule has 0 aliphatic heterocycles. The van der Waals surface area contributed by atoms with Gasteiger partial charge in [0.15, 0.2) is 0 Å². The minimum atomic E-state index is -0.125. The Labute approximate surface area is 192 Å². The third-order valence-corrected chi connectivity index (χ3v) is 5.38. The van der Waals surface area contributed by atoms with Crippen molar-refractivity contribution in [1.82, 2.24) is 15.5 Å². The van der Waals surface area contributed by atoms with E-state index in [4.69, 9.17) is 13.9 Å². The van der Waals surface area contributed by atoms with Crippen LogP contribution in [0.3, 0.4) is 0 Å². The number of aromatic nitrogens is 2. The van der Waals surface area contributed by atoms with E-state index in [1.54, 1.807) is 0 Å². The summed E-state index contributed by atoms with van der Waals surface area (Å²) in [6.45, 7) is 9.85. The van der Waals surface area contributed by atoms with Gasteiger partial charge in [0.2, 0.25) is 11.8 Å². The van der Waals surface area contributed by atoms with E-state index >= 15 is 0 Å². The third kappa shape index (κ3) is 7.02. The zero-order valence-electron chi connectivity index (χ0n) is 18.9. The van der Waals surface area contributed by atoms with E-state index in [1.807, 2.05) is 43.3 Å². The van der Waals surface area contributed by atoms with Crippen LogP contribution in [0.1, 0.15) is 33.3 Å². The second-order valence-corrected chi connectivity index (χ2v) is 9.02. The van der Waals surface area contributed by atoms with Crippen molar-refractivity contribution in [3.63, 3.8) is 0 Å². The fourth-order valence-electron chi connectivity index (χ4n) is 2.83. The van der Waals surface area contributed by atoms with Crippen LogP contribution in [0.5, 0.6) is 11.5 Å². The zero-order valence-corrected chi connectivity index (χ0v) is 19.7. The Kier molecular flexibility index (Phi) is 8.16. The molecule has 170 valence electrons. The highest BCUT2D eigenvalue weighted by atomic mass is 32.2. The standard InChI is InChI=1S/C24H29N3O4S/c1-5-29-19-10-12-20(13-11-19)30-15-14-25-21(28)16-32-23-27-26-22(31-23)17-6-8-18(9-7-17)24(2,3)4/h6-13H,5,14-16H2,1-4H3,(H,25,28). The average Bonchev–Trinajstić information content (AvgIpc) is 3.25. The van der Waals surface area contributed by atoms with Gasteiger partial charge >= 0.3 is 0 Å². The number of nitrogens with one attached hydrogen (secondary N) is 1. The van der Waals surface area contributed by atoms with E-state index in [9.17, 15) is 4.79 Å². The number of rotatable bonds is 10. The fourth-order valence-corrected chi connectivity index (χ4v) is 3.43. The van der Waals surface area contributed by atoms with Crippen molar-refractivity contribution in [1.29, 1.82) is 0 Å². The number of hydrogen-bond acceptors (Lipinski definition) is 7. The highest BCUT2D eigenvalue weighted by Gasteiger charge is 2.15. The van der Waals surface area contributed by atoms with Gasteiger partial charge in [-0.05, 0) is 54.3 Å². The van der Waals surface area contributed by atoms with Gasteiger partial charge in [0.1, 0.15) is 18.1 Å². The van der Waals surface area contributed by atoms with Crippen LogP contribution in [0.15, 0.2) is 58.2 Å². The summed E-state index contributed by atoms with van der Waals surface area (Å²) in [6.07, 6.45) is 0. The van der Waals surface area contributed by atoms with Gasteiger partial charge in [0.05, 0.1) is 18.9 Å². The van der Waals surface area contributed by atoms with Gasteiger partial charge in [-0.2, -0.15) is 0 Å². The second-order valence-electron chi connectivity index (χ2n) is 8.09. The number of carbonyl (C=O) groups is 1. The van der Waals surface area contributed by atoms with E-state index in [2.05, 4.69) is 48.4 Å². The van der Waals surface area contributed by atoms with Crippen LogP contribution in [0.25, 0.3) is 11.5 Å². The maximum atomic E-state index is 12.1. The predicted molar refractivity (Wildman–Crippen MR) is 125 cm³/mol. The molecule has 0 radical (unpaired) electrons. The Balaban J connectivity index is 1.38. The van der Waals surface area contributed by atoms with Gasteiger partial charge in [0, 0.05) is 5.56 Å². The lowest BCUT2D eigenvalue weighted by Gasteiger charge is -2.18. The maximum absolute atomic E-state index is 12.1. The van der Waals surface area contributed by atoms with Crippen LogP contribution in [0, 0.1) is 0 Å². The molecule has 32 heavy (non-hydrogen) atoms.